The number of aryl methyl sites for hydroxylation is 1. The molecule has 1 saturated carbocycles. The summed E-state index contributed by atoms with van der Waals surface area (Å²) in [6.45, 7) is 5.98. The molecule has 0 radical (unpaired) electrons. The minimum absolute atomic E-state index is 0.0197. The average molecular weight is 483 g/mol. The van der Waals surface area contributed by atoms with Gasteiger partial charge in [0.05, 0.1) is 12.7 Å². The molecule has 7 heteroatoms. The third-order valence-electron chi connectivity index (χ3n) is 7.95. The summed E-state index contributed by atoms with van der Waals surface area (Å²) in [5.41, 5.74) is 2.39. The van der Waals surface area contributed by atoms with Crippen LogP contribution in [0.3, 0.4) is 0 Å². The van der Waals surface area contributed by atoms with E-state index in [1.54, 1.807) is 13.2 Å². The van der Waals surface area contributed by atoms with Crippen molar-refractivity contribution in [3.8, 4) is 5.75 Å². The lowest BCUT2D eigenvalue weighted by atomic mass is 9.68. The molecule has 1 aromatic carbocycles. The molecular formula is C27H31ClN2O4. The van der Waals surface area contributed by atoms with Crippen LogP contribution >= 0.6 is 11.6 Å². The van der Waals surface area contributed by atoms with Crippen LogP contribution in [-0.4, -0.2) is 49.0 Å². The molecule has 2 heterocycles. The van der Waals surface area contributed by atoms with Crippen LogP contribution in [-0.2, 0) is 16.6 Å². The van der Waals surface area contributed by atoms with E-state index < -0.39 is 5.97 Å². The van der Waals surface area contributed by atoms with E-state index in [1.165, 1.54) is 17.2 Å². The molecule has 2 aromatic rings. The number of pyridine rings is 1. The van der Waals surface area contributed by atoms with Crippen LogP contribution in [0.25, 0.3) is 0 Å². The number of methoxy groups -OCH3 is 1. The molecule has 0 saturated heterocycles. The summed E-state index contributed by atoms with van der Waals surface area (Å²) in [4.78, 5) is 18.5. The zero-order valence-corrected chi connectivity index (χ0v) is 20.3. The van der Waals surface area contributed by atoms with E-state index in [0.717, 1.165) is 50.2 Å². The lowest BCUT2D eigenvalue weighted by molar-refractivity contribution is 0.0135. The number of aromatic carboxylic acids is 1. The van der Waals surface area contributed by atoms with Crippen molar-refractivity contribution in [3.05, 3.63) is 64.8 Å². The highest BCUT2D eigenvalue weighted by atomic mass is 35.5. The van der Waals surface area contributed by atoms with Gasteiger partial charge in [-0.2, -0.15) is 0 Å². The van der Waals surface area contributed by atoms with Gasteiger partial charge in [-0.25, -0.2) is 9.78 Å². The number of halogens is 1. The second-order valence-electron chi connectivity index (χ2n) is 9.87. The van der Waals surface area contributed by atoms with Crippen LogP contribution in [0.4, 0.5) is 5.82 Å². The Balaban J connectivity index is 1.54. The average Bonchev–Trinajstić information content (AvgIpc) is 2.97. The maximum absolute atomic E-state index is 11.7. The number of nitrogens with zero attached hydrogens (tertiary/aromatic N) is 2. The Hall–Kier alpha value is -2.57. The number of aromatic nitrogens is 1. The van der Waals surface area contributed by atoms with Gasteiger partial charge in [0.2, 0.25) is 0 Å². The van der Waals surface area contributed by atoms with Crippen molar-refractivity contribution in [1.29, 1.82) is 0 Å². The van der Waals surface area contributed by atoms with Crippen molar-refractivity contribution in [3.63, 3.8) is 0 Å². The topological polar surface area (TPSA) is 71.9 Å². The molecule has 1 aliphatic heterocycles. The highest BCUT2D eigenvalue weighted by molar-refractivity contribution is 6.30. The third kappa shape index (κ3) is 4.07. The Morgan fingerprint density at radius 1 is 1.41 bits per heavy atom. The molecule has 3 aliphatic rings. The Kier molecular flexibility index (Phi) is 6.30. The first-order chi connectivity index (χ1) is 16.4. The van der Waals surface area contributed by atoms with Gasteiger partial charge in [0.1, 0.15) is 0 Å². The number of anilines is 1. The molecule has 0 unspecified atom stereocenters. The minimum Gasteiger partial charge on any atom is -0.489 e. The van der Waals surface area contributed by atoms with Gasteiger partial charge in [0, 0.05) is 30.6 Å². The van der Waals surface area contributed by atoms with Gasteiger partial charge in [-0.15, -0.1) is 6.58 Å². The summed E-state index contributed by atoms with van der Waals surface area (Å²) in [7, 11) is 1.73. The molecule has 34 heavy (non-hydrogen) atoms. The molecule has 180 valence electrons. The number of carboxylic acid groups (broad SMARTS) is 1. The monoisotopic (exact) mass is 482 g/mol. The summed E-state index contributed by atoms with van der Waals surface area (Å²) in [6, 6.07) is 9.47. The van der Waals surface area contributed by atoms with Crippen LogP contribution in [0.5, 0.6) is 5.75 Å². The first-order valence-corrected chi connectivity index (χ1v) is 12.4. The number of rotatable bonds is 6. The summed E-state index contributed by atoms with van der Waals surface area (Å²) < 4.78 is 12.0. The maximum atomic E-state index is 11.7. The van der Waals surface area contributed by atoms with Crippen molar-refractivity contribution in [2.75, 3.05) is 31.7 Å². The number of hydrogen-bond donors (Lipinski definition) is 1. The molecule has 0 amide bonds. The Bertz CT molecular complexity index is 1110. The molecule has 4 atom stereocenters. The van der Waals surface area contributed by atoms with Gasteiger partial charge in [-0.05, 0) is 79.3 Å². The lowest BCUT2D eigenvalue weighted by Crippen LogP contribution is -2.49. The van der Waals surface area contributed by atoms with E-state index in [-0.39, 0.29) is 17.2 Å². The molecular weight excluding hydrogens is 452 g/mol. The SMILES string of the molecule is C=C[C@H](OC)[C@@H]1CC[C@H]1CN1C[C@@]2(CCCc3cc(Cl)ccc32)COc2ccc(C(=O)O)nc21. The van der Waals surface area contributed by atoms with Crippen LogP contribution in [0.2, 0.25) is 5.02 Å². The zero-order valence-electron chi connectivity index (χ0n) is 19.5. The van der Waals surface area contributed by atoms with Crippen molar-refractivity contribution in [1.82, 2.24) is 4.98 Å². The summed E-state index contributed by atoms with van der Waals surface area (Å²) in [6.07, 6.45) is 7.17. The maximum Gasteiger partial charge on any atom is 0.354 e. The fourth-order valence-corrected chi connectivity index (χ4v) is 6.28. The van der Waals surface area contributed by atoms with Gasteiger partial charge in [-0.1, -0.05) is 23.7 Å². The molecule has 0 bridgehead atoms. The normalized spacial score (nSPS) is 26.5. The quantitative estimate of drug-likeness (QED) is 0.575. The molecule has 5 rings (SSSR count). The van der Waals surface area contributed by atoms with Crippen molar-refractivity contribution < 1.29 is 19.4 Å². The second kappa shape index (κ2) is 9.23. The Morgan fingerprint density at radius 3 is 2.97 bits per heavy atom. The van der Waals surface area contributed by atoms with E-state index in [4.69, 9.17) is 21.1 Å². The number of fused-ring (bicyclic) bond motifs is 3. The Labute approximate surface area is 205 Å². The number of carbonyl (C=O) groups is 1. The highest BCUT2D eigenvalue weighted by Crippen LogP contribution is 2.46. The van der Waals surface area contributed by atoms with Gasteiger partial charge >= 0.3 is 5.97 Å². The van der Waals surface area contributed by atoms with Crippen molar-refractivity contribution >= 4 is 23.4 Å². The Morgan fingerprint density at radius 2 is 2.26 bits per heavy atom. The van der Waals surface area contributed by atoms with Crippen LogP contribution in [0, 0.1) is 11.8 Å². The molecule has 1 spiro atoms. The summed E-state index contributed by atoms with van der Waals surface area (Å²) in [5, 5.41) is 10.4. The van der Waals surface area contributed by atoms with E-state index >= 15 is 0 Å². The number of ether oxygens (including phenoxy) is 2. The summed E-state index contributed by atoms with van der Waals surface area (Å²) >= 11 is 6.33. The highest BCUT2D eigenvalue weighted by Gasteiger charge is 2.44. The number of hydrogen-bond acceptors (Lipinski definition) is 5. The first-order valence-electron chi connectivity index (χ1n) is 12.0. The van der Waals surface area contributed by atoms with Crippen molar-refractivity contribution in [2.24, 2.45) is 11.8 Å². The largest absolute Gasteiger partial charge is 0.489 e. The van der Waals surface area contributed by atoms with E-state index in [0.29, 0.717) is 30.0 Å². The van der Waals surface area contributed by atoms with Gasteiger partial charge in [0.15, 0.2) is 17.3 Å². The molecule has 1 N–H and O–H groups in total. The first kappa shape index (κ1) is 23.2. The molecule has 1 fully saturated rings. The molecule has 6 nitrogen and oxygen atoms in total. The second-order valence-corrected chi connectivity index (χ2v) is 10.3. The standard InChI is InChI=1S/C27H31ClN2O4/c1-3-23(33-2)20-8-6-18(20)14-30-15-27(12-4-5-17-13-19(28)7-9-21(17)27)16-34-24-11-10-22(26(31)32)29-25(24)30/h3,7,9-11,13,18,20,23H,1,4-6,8,12,14-16H2,2H3,(H,31,32)/t18-,20+,23-,27-/m0/s1. The zero-order chi connectivity index (χ0) is 23.9. The van der Waals surface area contributed by atoms with Crippen LogP contribution in [0.1, 0.15) is 47.3 Å². The third-order valence-corrected chi connectivity index (χ3v) is 8.19. The number of benzene rings is 1. The lowest BCUT2D eigenvalue weighted by Gasteiger charge is -2.45. The minimum atomic E-state index is -1.04. The van der Waals surface area contributed by atoms with E-state index in [9.17, 15) is 9.90 Å². The fraction of sp³-hybridized carbons (Fsp3) is 0.481. The predicted molar refractivity (Wildman–Crippen MR) is 132 cm³/mol. The van der Waals surface area contributed by atoms with Crippen LogP contribution in [0.15, 0.2) is 43.0 Å². The molecule has 2 aliphatic carbocycles. The molecule has 1 aromatic heterocycles. The van der Waals surface area contributed by atoms with Crippen molar-refractivity contribution in [2.45, 2.75) is 43.6 Å². The summed E-state index contributed by atoms with van der Waals surface area (Å²) in [5.74, 6) is 1.04. The number of carboxylic acids is 1. The van der Waals surface area contributed by atoms with Gasteiger partial charge < -0.3 is 19.5 Å². The fourth-order valence-electron chi connectivity index (χ4n) is 6.08. The van der Waals surface area contributed by atoms with Crippen LogP contribution < -0.4 is 9.64 Å². The van der Waals surface area contributed by atoms with Gasteiger partial charge in [-0.3, -0.25) is 0 Å². The predicted octanol–water partition coefficient (Wildman–Crippen LogP) is 5.13. The van der Waals surface area contributed by atoms with Gasteiger partial charge in [0.25, 0.3) is 0 Å². The van der Waals surface area contributed by atoms with E-state index in [1.807, 2.05) is 12.1 Å². The smallest absolute Gasteiger partial charge is 0.354 e. The van der Waals surface area contributed by atoms with E-state index in [2.05, 4.69) is 28.6 Å².